The second-order valence-corrected chi connectivity index (χ2v) is 6.23. The summed E-state index contributed by atoms with van der Waals surface area (Å²) >= 11 is 3.53. The monoisotopic (exact) mass is 351 g/mol. The van der Waals surface area contributed by atoms with Crippen molar-refractivity contribution in [2.75, 3.05) is 31.2 Å². The van der Waals surface area contributed by atoms with Crippen LogP contribution in [-0.4, -0.2) is 35.9 Å². The Kier molecular flexibility index (Phi) is 3.99. The third kappa shape index (κ3) is 2.70. The van der Waals surface area contributed by atoms with Crippen LogP contribution in [0.3, 0.4) is 0 Å². The molecule has 1 aromatic heterocycles. The van der Waals surface area contributed by atoms with Gasteiger partial charge in [0.15, 0.2) is 0 Å². The molecular weight excluding hydrogens is 334 g/mol. The van der Waals surface area contributed by atoms with Crippen molar-refractivity contribution in [2.24, 2.45) is 7.05 Å². The maximum absolute atomic E-state index is 12.6. The average molecular weight is 352 g/mol. The highest BCUT2D eigenvalue weighted by atomic mass is 79.9. The molecular formula is C15H18BrN3O2. The molecule has 1 aromatic carbocycles. The zero-order valence-electron chi connectivity index (χ0n) is 12.2. The maximum atomic E-state index is 12.6. The molecule has 3 rings (SSSR count). The minimum absolute atomic E-state index is 0.00966. The molecule has 1 aliphatic heterocycles. The minimum atomic E-state index is -0.00966. The molecule has 0 saturated carbocycles. The lowest BCUT2D eigenvalue weighted by atomic mass is 10.2. The van der Waals surface area contributed by atoms with Crippen molar-refractivity contribution in [3.8, 4) is 0 Å². The number of nitrogens with zero attached hydrogens (tertiary/aromatic N) is 3. The van der Waals surface area contributed by atoms with Crippen LogP contribution in [-0.2, 0) is 11.8 Å². The molecule has 1 saturated heterocycles. The van der Waals surface area contributed by atoms with E-state index in [9.17, 15) is 4.79 Å². The molecule has 112 valence electrons. The number of hydrogen-bond acceptors (Lipinski definition) is 4. The van der Waals surface area contributed by atoms with Gasteiger partial charge >= 0.3 is 0 Å². The largest absolute Gasteiger partial charge is 0.380 e. The quantitative estimate of drug-likeness (QED) is 0.790. The molecule has 2 aromatic rings. The van der Waals surface area contributed by atoms with Crippen molar-refractivity contribution in [3.05, 3.63) is 32.5 Å². The SMILES string of the molecule is Cc1cc(Br)c2nc(N3CCCOCC3)n(C)c(=O)c2c1. The molecule has 1 fully saturated rings. The molecule has 0 spiro atoms. The molecule has 0 unspecified atom stereocenters. The van der Waals surface area contributed by atoms with Crippen LogP contribution < -0.4 is 10.5 Å². The molecule has 1 aliphatic rings. The molecule has 0 amide bonds. The lowest BCUT2D eigenvalue weighted by Crippen LogP contribution is -2.33. The normalized spacial score (nSPS) is 16.2. The van der Waals surface area contributed by atoms with Crippen LogP contribution in [0, 0.1) is 6.92 Å². The highest BCUT2D eigenvalue weighted by molar-refractivity contribution is 9.10. The van der Waals surface area contributed by atoms with Crippen molar-refractivity contribution in [3.63, 3.8) is 0 Å². The van der Waals surface area contributed by atoms with Crippen LogP contribution in [0.1, 0.15) is 12.0 Å². The first-order valence-electron chi connectivity index (χ1n) is 7.07. The summed E-state index contributed by atoms with van der Waals surface area (Å²) < 4.78 is 7.98. The minimum Gasteiger partial charge on any atom is -0.380 e. The predicted molar refractivity (Wildman–Crippen MR) is 87.1 cm³/mol. The molecule has 0 N–H and O–H groups in total. The van der Waals surface area contributed by atoms with Gasteiger partial charge < -0.3 is 9.64 Å². The molecule has 0 aliphatic carbocycles. The van der Waals surface area contributed by atoms with E-state index in [1.165, 1.54) is 0 Å². The van der Waals surface area contributed by atoms with E-state index in [-0.39, 0.29) is 5.56 Å². The summed E-state index contributed by atoms with van der Waals surface area (Å²) in [5.41, 5.74) is 1.76. The number of rotatable bonds is 1. The summed E-state index contributed by atoms with van der Waals surface area (Å²) in [5.74, 6) is 0.711. The molecule has 0 radical (unpaired) electrons. The Morgan fingerprint density at radius 3 is 2.90 bits per heavy atom. The van der Waals surface area contributed by atoms with Crippen molar-refractivity contribution in [1.29, 1.82) is 0 Å². The Bertz CT molecular complexity index is 734. The number of aromatic nitrogens is 2. The van der Waals surface area contributed by atoms with Gasteiger partial charge in [0, 0.05) is 31.2 Å². The highest BCUT2D eigenvalue weighted by Crippen LogP contribution is 2.24. The third-order valence-corrected chi connectivity index (χ3v) is 4.36. The standard InChI is InChI=1S/C15H18BrN3O2/c1-10-8-11-13(12(16)9-10)17-15(18(2)14(11)20)19-4-3-6-21-7-5-19/h8-9H,3-7H2,1-2H3. The van der Waals surface area contributed by atoms with Gasteiger partial charge in [-0.25, -0.2) is 4.98 Å². The van der Waals surface area contributed by atoms with Crippen LogP contribution in [0.2, 0.25) is 0 Å². The van der Waals surface area contributed by atoms with E-state index >= 15 is 0 Å². The number of anilines is 1. The lowest BCUT2D eigenvalue weighted by molar-refractivity contribution is 0.152. The number of hydrogen-bond donors (Lipinski definition) is 0. The first-order valence-corrected chi connectivity index (χ1v) is 7.87. The van der Waals surface area contributed by atoms with Gasteiger partial charge in [-0.2, -0.15) is 0 Å². The van der Waals surface area contributed by atoms with Gasteiger partial charge in [0.2, 0.25) is 5.95 Å². The summed E-state index contributed by atoms with van der Waals surface area (Å²) in [6.45, 7) is 5.03. The van der Waals surface area contributed by atoms with Gasteiger partial charge in [-0.15, -0.1) is 0 Å². The Balaban J connectivity index is 2.20. The van der Waals surface area contributed by atoms with Crippen molar-refractivity contribution < 1.29 is 4.74 Å². The fourth-order valence-corrected chi connectivity index (χ4v) is 3.35. The number of halogens is 1. The Morgan fingerprint density at radius 2 is 2.10 bits per heavy atom. The van der Waals surface area contributed by atoms with Gasteiger partial charge in [0.25, 0.3) is 5.56 Å². The molecule has 5 nitrogen and oxygen atoms in total. The van der Waals surface area contributed by atoms with E-state index in [1.54, 1.807) is 11.6 Å². The summed E-state index contributed by atoms with van der Waals surface area (Å²) in [5, 5.41) is 0.652. The summed E-state index contributed by atoms with van der Waals surface area (Å²) in [4.78, 5) is 19.5. The van der Waals surface area contributed by atoms with E-state index in [0.29, 0.717) is 17.9 Å². The highest BCUT2D eigenvalue weighted by Gasteiger charge is 2.17. The lowest BCUT2D eigenvalue weighted by Gasteiger charge is -2.23. The molecule has 21 heavy (non-hydrogen) atoms. The van der Waals surface area contributed by atoms with Gasteiger partial charge in [0.05, 0.1) is 17.5 Å². The molecule has 2 heterocycles. The zero-order valence-corrected chi connectivity index (χ0v) is 13.8. The Morgan fingerprint density at radius 1 is 1.29 bits per heavy atom. The summed E-state index contributed by atoms with van der Waals surface area (Å²) in [6.07, 6.45) is 0.947. The Hall–Kier alpha value is -1.40. The summed E-state index contributed by atoms with van der Waals surface area (Å²) in [7, 11) is 1.78. The number of ether oxygens (including phenoxy) is 1. The average Bonchev–Trinajstić information content (AvgIpc) is 2.72. The first kappa shape index (κ1) is 14.5. The first-order chi connectivity index (χ1) is 10.1. The van der Waals surface area contributed by atoms with E-state index in [2.05, 4.69) is 20.8 Å². The van der Waals surface area contributed by atoms with E-state index in [0.717, 1.165) is 41.7 Å². The van der Waals surface area contributed by atoms with E-state index in [4.69, 9.17) is 9.72 Å². The van der Waals surface area contributed by atoms with Crippen LogP contribution >= 0.6 is 15.9 Å². The number of aryl methyl sites for hydroxylation is 1. The van der Waals surface area contributed by atoms with E-state index in [1.807, 2.05) is 19.1 Å². The van der Waals surface area contributed by atoms with Crippen LogP contribution in [0.25, 0.3) is 10.9 Å². The van der Waals surface area contributed by atoms with Crippen LogP contribution in [0.15, 0.2) is 21.4 Å². The van der Waals surface area contributed by atoms with Gasteiger partial charge in [-0.1, -0.05) is 0 Å². The fourth-order valence-electron chi connectivity index (χ4n) is 2.69. The molecule has 0 bridgehead atoms. The second-order valence-electron chi connectivity index (χ2n) is 5.37. The van der Waals surface area contributed by atoms with E-state index < -0.39 is 0 Å². The fraction of sp³-hybridized carbons (Fsp3) is 0.467. The molecule has 0 atom stereocenters. The predicted octanol–water partition coefficient (Wildman–Crippen LogP) is 2.23. The van der Waals surface area contributed by atoms with Crippen molar-refractivity contribution in [1.82, 2.24) is 9.55 Å². The van der Waals surface area contributed by atoms with Crippen molar-refractivity contribution >= 4 is 32.8 Å². The topological polar surface area (TPSA) is 47.4 Å². The zero-order chi connectivity index (χ0) is 15.0. The second kappa shape index (κ2) is 5.77. The number of fused-ring (bicyclic) bond motifs is 1. The molecule has 6 heteroatoms. The Labute approximate surface area is 131 Å². The van der Waals surface area contributed by atoms with Gasteiger partial charge in [-0.3, -0.25) is 9.36 Å². The third-order valence-electron chi connectivity index (χ3n) is 3.76. The summed E-state index contributed by atoms with van der Waals surface area (Å²) in [6, 6.07) is 3.88. The van der Waals surface area contributed by atoms with Gasteiger partial charge in [0.1, 0.15) is 0 Å². The van der Waals surface area contributed by atoms with Crippen molar-refractivity contribution in [2.45, 2.75) is 13.3 Å². The maximum Gasteiger partial charge on any atom is 0.262 e. The van der Waals surface area contributed by atoms with Crippen LogP contribution in [0.4, 0.5) is 5.95 Å². The smallest absolute Gasteiger partial charge is 0.262 e. The van der Waals surface area contributed by atoms with Gasteiger partial charge in [-0.05, 0) is 47.0 Å². The van der Waals surface area contributed by atoms with Crippen LogP contribution in [0.5, 0.6) is 0 Å². The number of benzene rings is 1.